The first kappa shape index (κ1) is 10.7. The minimum Gasteiger partial charge on any atom is -0.478 e. The smallest absolute Gasteiger partial charge is 0.332 e. The molecule has 5 nitrogen and oxygen atoms in total. The molecule has 0 bridgehead atoms. The Balaban J connectivity index is 2.44. The van der Waals surface area contributed by atoms with Crippen LogP contribution in [0.2, 0.25) is 0 Å². The topological polar surface area (TPSA) is 60.9 Å². The van der Waals surface area contributed by atoms with Crippen LogP contribution in [0.4, 0.5) is 0 Å². The van der Waals surface area contributed by atoms with Crippen LogP contribution in [0.1, 0.15) is 0 Å². The van der Waals surface area contributed by atoms with E-state index in [0.717, 1.165) is 0 Å². The van der Waals surface area contributed by atoms with Gasteiger partial charge in [-0.3, -0.25) is 9.69 Å². The van der Waals surface area contributed by atoms with Gasteiger partial charge in [0.15, 0.2) is 0 Å². The molecular weight excluding hydrogens is 184 g/mol. The zero-order valence-corrected chi connectivity index (χ0v) is 8.19. The molecular formula is C9H14N2O3. The fraction of sp³-hybridized carbons (Fsp3) is 0.556. The zero-order valence-electron chi connectivity index (χ0n) is 8.19. The number of nitrogens with zero attached hydrogens (tertiary/aromatic N) is 2. The molecule has 1 aliphatic heterocycles. The highest BCUT2D eigenvalue weighted by atomic mass is 16.4. The third-order valence-electron chi connectivity index (χ3n) is 2.25. The van der Waals surface area contributed by atoms with Gasteiger partial charge in [-0.15, -0.1) is 0 Å². The molecule has 0 aromatic heterocycles. The van der Waals surface area contributed by atoms with E-state index in [-0.39, 0.29) is 24.6 Å². The van der Waals surface area contributed by atoms with E-state index in [1.807, 2.05) is 0 Å². The SMILES string of the molecule is C=C(CN1CCN(C)C(=O)C1)C(=O)O. The van der Waals surface area contributed by atoms with E-state index in [0.29, 0.717) is 13.1 Å². The van der Waals surface area contributed by atoms with Crippen molar-refractivity contribution in [3.8, 4) is 0 Å². The van der Waals surface area contributed by atoms with Crippen LogP contribution in [-0.4, -0.2) is 60.0 Å². The molecule has 0 aliphatic carbocycles. The molecule has 0 spiro atoms. The van der Waals surface area contributed by atoms with Crippen molar-refractivity contribution < 1.29 is 14.7 Å². The molecule has 1 rings (SSSR count). The van der Waals surface area contributed by atoms with Crippen LogP contribution < -0.4 is 0 Å². The molecule has 1 saturated heterocycles. The molecule has 14 heavy (non-hydrogen) atoms. The third-order valence-corrected chi connectivity index (χ3v) is 2.25. The largest absolute Gasteiger partial charge is 0.478 e. The average Bonchev–Trinajstić information content (AvgIpc) is 2.11. The van der Waals surface area contributed by atoms with Crippen LogP contribution in [0.15, 0.2) is 12.2 Å². The molecule has 0 aromatic carbocycles. The standard InChI is InChI=1S/C9H14N2O3/c1-7(9(13)14)5-11-4-3-10(2)8(12)6-11/h1,3-6H2,2H3,(H,13,14). The molecule has 1 heterocycles. The van der Waals surface area contributed by atoms with Crippen molar-refractivity contribution in [2.45, 2.75) is 0 Å². The maximum atomic E-state index is 11.3. The summed E-state index contributed by atoms with van der Waals surface area (Å²) in [5, 5.41) is 8.61. The first-order chi connectivity index (χ1) is 6.50. The molecule has 0 aromatic rings. The number of carboxylic acid groups (broad SMARTS) is 1. The fourth-order valence-corrected chi connectivity index (χ4v) is 1.28. The van der Waals surface area contributed by atoms with E-state index in [4.69, 9.17) is 5.11 Å². The first-order valence-electron chi connectivity index (χ1n) is 4.38. The van der Waals surface area contributed by atoms with Gasteiger partial charge < -0.3 is 10.0 Å². The molecule has 0 radical (unpaired) electrons. The molecule has 1 amide bonds. The molecule has 0 unspecified atom stereocenters. The highest BCUT2D eigenvalue weighted by Crippen LogP contribution is 2.03. The summed E-state index contributed by atoms with van der Waals surface area (Å²) in [6, 6.07) is 0. The number of rotatable bonds is 3. The Kier molecular flexibility index (Phi) is 3.24. The van der Waals surface area contributed by atoms with Crippen molar-refractivity contribution in [2.24, 2.45) is 0 Å². The Hall–Kier alpha value is -1.36. The Labute approximate surface area is 82.6 Å². The van der Waals surface area contributed by atoms with E-state index in [9.17, 15) is 9.59 Å². The summed E-state index contributed by atoms with van der Waals surface area (Å²) in [5.41, 5.74) is 0.127. The molecule has 1 fully saturated rings. The molecule has 1 N–H and O–H groups in total. The minimum absolute atomic E-state index is 0.0226. The predicted molar refractivity (Wildman–Crippen MR) is 50.9 cm³/mol. The van der Waals surface area contributed by atoms with Crippen molar-refractivity contribution in [1.29, 1.82) is 0 Å². The minimum atomic E-state index is -1.00. The lowest BCUT2D eigenvalue weighted by Gasteiger charge is -2.31. The Morgan fingerprint density at radius 3 is 2.71 bits per heavy atom. The maximum Gasteiger partial charge on any atom is 0.332 e. The van der Waals surface area contributed by atoms with Gasteiger partial charge >= 0.3 is 5.97 Å². The second kappa shape index (κ2) is 4.23. The van der Waals surface area contributed by atoms with Crippen LogP contribution in [0.25, 0.3) is 0 Å². The molecule has 0 saturated carbocycles. The van der Waals surface area contributed by atoms with Gasteiger partial charge in [0, 0.05) is 32.3 Å². The highest BCUT2D eigenvalue weighted by Gasteiger charge is 2.22. The van der Waals surface area contributed by atoms with E-state index in [1.165, 1.54) is 0 Å². The fourth-order valence-electron chi connectivity index (χ4n) is 1.28. The van der Waals surface area contributed by atoms with Crippen LogP contribution in [-0.2, 0) is 9.59 Å². The number of hydrogen-bond donors (Lipinski definition) is 1. The number of carbonyl (C=O) groups excluding carboxylic acids is 1. The lowest BCUT2D eigenvalue weighted by atomic mass is 10.2. The summed E-state index contributed by atoms with van der Waals surface area (Å²) in [6.45, 7) is 5.31. The normalized spacial score (nSPS) is 18.4. The van der Waals surface area contributed by atoms with Gasteiger partial charge in [0.05, 0.1) is 6.54 Å². The van der Waals surface area contributed by atoms with Gasteiger partial charge in [0.2, 0.25) is 5.91 Å². The van der Waals surface area contributed by atoms with Gasteiger partial charge in [-0.2, -0.15) is 0 Å². The number of piperazine rings is 1. The number of likely N-dealkylation sites (N-methyl/N-ethyl adjacent to an activating group) is 1. The lowest BCUT2D eigenvalue weighted by molar-refractivity contribution is -0.136. The maximum absolute atomic E-state index is 11.3. The van der Waals surface area contributed by atoms with Gasteiger partial charge in [0.25, 0.3) is 0 Å². The Morgan fingerprint density at radius 1 is 1.57 bits per heavy atom. The number of amides is 1. The van der Waals surface area contributed by atoms with Gasteiger partial charge in [-0.05, 0) is 0 Å². The second-order valence-corrected chi connectivity index (χ2v) is 3.43. The second-order valence-electron chi connectivity index (χ2n) is 3.43. The summed E-state index contributed by atoms with van der Waals surface area (Å²) in [7, 11) is 1.74. The van der Waals surface area contributed by atoms with E-state index in [2.05, 4.69) is 6.58 Å². The first-order valence-corrected chi connectivity index (χ1v) is 4.38. The molecule has 78 valence electrons. The van der Waals surface area contributed by atoms with Crippen molar-refractivity contribution in [3.05, 3.63) is 12.2 Å². The zero-order chi connectivity index (χ0) is 10.7. The highest BCUT2D eigenvalue weighted by molar-refractivity contribution is 5.86. The number of carbonyl (C=O) groups is 2. The summed E-state index contributed by atoms with van der Waals surface area (Å²) >= 11 is 0. The summed E-state index contributed by atoms with van der Waals surface area (Å²) in [4.78, 5) is 25.2. The van der Waals surface area contributed by atoms with Gasteiger partial charge in [-0.1, -0.05) is 6.58 Å². The summed E-state index contributed by atoms with van der Waals surface area (Å²) < 4.78 is 0. The van der Waals surface area contributed by atoms with E-state index in [1.54, 1.807) is 16.8 Å². The van der Waals surface area contributed by atoms with Crippen molar-refractivity contribution in [2.75, 3.05) is 33.2 Å². The number of carboxylic acids is 1. The third kappa shape index (κ3) is 2.56. The van der Waals surface area contributed by atoms with Crippen LogP contribution >= 0.6 is 0 Å². The summed E-state index contributed by atoms with van der Waals surface area (Å²) in [5.74, 6) is -0.981. The molecule has 5 heteroatoms. The molecule has 1 aliphatic rings. The van der Waals surface area contributed by atoms with E-state index < -0.39 is 5.97 Å². The van der Waals surface area contributed by atoms with Crippen LogP contribution in [0.3, 0.4) is 0 Å². The van der Waals surface area contributed by atoms with Crippen LogP contribution in [0, 0.1) is 0 Å². The predicted octanol–water partition coefficient (Wildman–Crippen LogP) is -0.599. The lowest BCUT2D eigenvalue weighted by Crippen LogP contribution is -2.49. The number of aliphatic carboxylic acids is 1. The van der Waals surface area contributed by atoms with Crippen LogP contribution in [0.5, 0.6) is 0 Å². The monoisotopic (exact) mass is 198 g/mol. The summed E-state index contributed by atoms with van der Waals surface area (Å²) in [6.07, 6.45) is 0. The number of hydrogen-bond acceptors (Lipinski definition) is 3. The van der Waals surface area contributed by atoms with Gasteiger partial charge in [0.1, 0.15) is 0 Å². The Bertz CT molecular complexity index is 275. The molecule has 0 atom stereocenters. The average molecular weight is 198 g/mol. The van der Waals surface area contributed by atoms with Crippen molar-refractivity contribution >= 4 is 11.9 Å². The van der Waals surface area contributed by atoms with Crippen molar-refractivity contribution in [1.82, 2.24) is 9.80 Å². The van der Waals surface area contributed by atoms with Gasteiger partial charge in [-0.25, -0.2) is 4.79 Å². The quantitative estimate of drug-likeness (QED) is 0.615. The van der Waals surface area contributed by atoms with Crippen molar-refractivity contribution in [3.63, 3.8) is 0 Å². The van der Waals surface area contributed by atoms with E-state index >= 15 is 0 Å². The Morgan fingerprint density at radius 2 is 2.21 bits per heavy atom.